The lowest BCUT2D eigenvalue weighted by molar-refractivity contribution is -0.118. The molecule has 1 amide bonds. The minimum Gasteiger partial charge on any atom is -0.486 e. The molecule has 0 atom stereocenters. The standard InChI is InChI=1S/C26H23FN2O2/c1-17(2)26(30)29-24-15-19-10-6-7-11-21(19)25(28-24)20-12-13-23(22(27)14-20)31-16-18-8-4-3-5-9-18/h3-15,17H,16H2,1-2H3,(H,28,29,30). The topological polar surface area (TPSA) is 51.2 Å². The van der Waals surface area contributed by atoms with Crippen molar-refractivity contribution in [2.75, 3.05) is 5.32 Å². The van der Waals surface area contributed by atoms with Crippen LogP contribution in [0.5, 0.6) is 5.75 Å². The van der Waals surface area contributed by atoms with E-state index in [2.05, 4.69) is 10.3 Å². The summed E-state index contributed by atoms with van der Waals surface area (Å²) in [6, 6.07) is 24.0. The molecule has 31 heavy (non-hydrogen) atoms. The minimum absolute atomic E-state index is 0.121. The third-order valence-electron chi connectivity index (χ3n) is 4.96. The number of hydrogen-bond acceptors (Lipinski definition) is 3. The van der Waals surface area contributed by atoms with Crippen LogP contribution < -0.4 is 10.1 Å². The molecule has 0 aliphatic heterocycles. The minimum atomic E-state index is -0.462. The first-order chi connectivity index (χ1) is 15.0. The number of aromatic nitrogens is 1. The van der Waals surface area contributed by atoms with Crippen molar-refractivity contribution >= 4 is 22.5 Å². The van der Waals surface area contributed by atoms with Gasteiger partial charge >= 0.3 is 0 Å². The number of hydrogen-bond donors (Lipinski definition) is 1. The van der Waals surface area contributed by atoms with Gasteiger partial charge in [-0.2, -0.15) is 0 Å². The van der Waals surface area contributed by atoms with Crippen LogP contribution in [0.2, 0.25) is 0 Å². The normalized spacial score (nSPS) is 11.0. The Morgan fingerprint density at radius 3 is 2.48 bits per heavy atom. The van der Waals surface area contributed by atoms with Gasteiger partial charge in [-0.05, 0) is 35.2 Å². The summed E-state index contributed by atoms with van der Waals surface area (Å²) in [5.41, 5.74) is 2.18. The summed E-state index contributed by atoms with van der Waals surface area (Å²) < 4.78 is 20.5. The number of amides is 1. The second kappa shape index (κ2) is 8.96. The van der Waals surface area contributed by atoms with Crippen LogP contribution in [0.15, 0.2) is 78.9 Å². The average Bonchev–Trinajstić information content (AvgIpc) is 2.78. The highest BCUT2D eigenvalue weighted by Crippen LogP contribution is 2.32. The van der Waals surface area contributed by atoms with Gasteiger partial charge in [0.1, 0.15) is 12.4 Å². The summed E-state index contributed by atoms with van der Waals surface area (Å²) in [6.45, 7) is 3.93. The molecule has 1 heterocycles. The van der Waals surface area contributed by atoms with E-state index in [1.54, 1.807) is 12.1 Å². The van der Waals surface area contributed by atoms with Crippen molar-refractivity contribution in [3.8, 4) is 17.0 Å². The van der Waals surface area contributed by atoms with Crippen LogP contribution in [0.3, 0.4) is 0 Å². The molecule has 156 valence electrons. The van der Waals surface area contributed by atoms with E-state index in [1.807, 2.05) is 74.5 Å². The lowest BCUT2D eigenvalue weighted by Crippen LogP contribution is -2.18. The van der Waals surface area contributed by atoms with Crippen molar-refractivity contribution in [1.82, 2.24) is 4.98 Å². The van der Waals surface area contributed by atoms with E-state index in [-0.39, 0.29) is 24.2 Å². The summed E-state index contributed by atoms with van der Waals surface area (Å²) >= 11 is 0. The van der Waals surface area contributed by atoms with Crippen molar-refractivity contribution in [3.05, 3.63) is 90.2 Å². The predicted octanol–water partition coefficient (Wildman–Crippen LogP) is 6.21. The Morgan fingerprint density at radius 2 is 1.74 bits per heavy atom. The SMILES string of the molecule is CC(C)C(=O)Nc1cc2ccccc2c(-c2ccc(OCc3ccccc3)c(F)c2)n1. The lowest BCUT2D eigenvalue weighted by atomic mass is 10.0. The van der Waals surface area contributed by atoms with E-state index in [0.29, 0.717) is 17.1 Å². The van der Waals surface area contributed by atoms with Gasteiger partial charge in [-0.3, -0.25) is 4.79 Å². The van der Waals surface area contributed by atoms with Crippen LogP contribution in [0.1, 0.15) is 19.4 Å². The second-order valence-corrected chi connectivity index (χ2v) is 7.64. The van der Waals surface area contributed by atoms with Gasteiger partial charge in [-0.25, -0.2) is 9.37 Å². The molecular formula is C26H23FN2O2. The summed E-state index contributed by atoms with van der Waals surface area (Å²) in [5.74, 6) is -0.130. The Kier molecular flexibility index (Phi) is 5.94. The van der Waals surface area contributed by atoms with E-state index < -0.39 is 5.82 Å². The molecule has 0 saturated heterocycles. The Hall–Kier alpha value is -3.73. The van der Waals surface area contributed by atoms with E-state index in [0.717, 1.165) is 16.3 Å². The molecule has 0 unspecified atom stereocenters. The van der Waals surface area contributed by atoms with E-state index in [1.165, 1.54) is 6.07 Å². The molecule has 0 spiro atoms. The number of carbonyl (C=O) groups is 1. The molecule has 0 bridgehead atoms. The first kappa shape index (κ1) is 20.5. The lowest BCUT2D eigenvalue weighted by Gasteiger charge is -2.13. The molecule has 1 aromatic heterocycles. The molecule has 0 saturated carbocycles. The van der Waals surface area contributed by atoms with Gasteiger partial charge in [0.15, 0.2) is 11.6 Å². The number of halogens is 1. The Morgan fingerprint density at radius 1 is 1.00 bits per heavy atom. The fourth-order valence-electron chi connectivity index (χ4n) is 3.25. The number of benzene rings is 3. The second-order valence-electron chi connectivity index (χ2n) is 7.64. The van der Waals surface area contributed by atoms with Crippen molar-refractivity contribution in [2.45, 2.75) is 20.5 Å². The zero-order valence-corrected chi connectivity index (χ0v) is 17.4. The molecule has 0 aliphatic rings. The number of fused-ring (bicyclic) bond motifs is 1. The number of carbonyl (C=O) groups excluding carboxylic acids is 1. The van der Waals surface area contributed by atoms with Crippen LogP contribution in [0.4, 0.5) is 10.2 Å². The van der Waals surface area contributed by atoms with Crippen LogP contribution in [-0.4, -0.2) is 10.9 Å². The zero-order valence-electron chi connectivity index (χ0n) is 17.4. The Labute approximate surface area is 180 Å². The number of rotatable bonds is 6. The van der Waals surface area contributed by atoms with E-state index in [4.69, 9.17) is 4.74 Å². The van der Waals surface area contributed by atoms with Gasteiger partial charge in [-0.1, -0.05) is 68.4 Å². The summed E-state index contributed by atoms with van der Waals surface area (Å²) in [4.78, 5) is 16.8. The van der Waals surface area contributed by atoms with Crippen LogP contribution >= 0.6 is 0 Å². The summed E-state index contributed by atoms with van der Waals surface area (Å²) in [7, 11) is 0. The van der Waals surface area contributed by atoms with Crippen molar-refractivity contribution < 1.29 is 13.9 Å². The zero-order chi connectivity index (χ0) is 21.8. The molecule has 0 aliphatic carbocycles. The fraction of sp³-hybridized carbons (Fsp3) is 0.154. The molecule has 0 radical (unpaired) electrons. The van der Waals surface area contributed by atoms with Crippen molar-refractivity contribution in [2.24, 2.45) is 5.92 Å². The van der Waals surface area contributed by atoms with E-state index >= 15 is 0 Å². The molecule has 4 nitrogen and oxygen atoms in total. The molecular weight excluding hydrogens is 391 g/mol. The van der Waals surface area contributed by atoms with Gasteiger partial charge in [0.05, 0.1) is 5.69 Å². The maximum absolute atomic E-state index is 14.8. The molecule has 4 rings (SSSR count). The summed E-state index contributed by atoms with van der Waals surface area (Å²) in [6.07, 6.45) is 0. The van der Waals surface area contributed by atoms with E-state index in [9.17, 15) is 9.18 Å². The third-order valence-corrected chi connectivity index (χ3v) is 4.96. The smallest absolute Gasteiger partial charge is 0.228 e. The number of nitrogens with zero attached hydrogens (tertiary/aromatic N) is 1. The number of pyridine rings is 1. The Balaban J connectivity index is 1.67. The maximum Gasteiger partial charge on any atom is 0.228 e. The molecule has 4 aromatic rings. The largest absolute Gasteiger partial charge is 0.486 e. The molecule has 5 heteroatoms. The quantitative estimate of drug-likeness (QED) is 0.408. The molecule has 3 aromatic carbocycles. The maximum atomic E-state index is 14.8. The Bertz CT molecular complexity index is 1220. The number of nitrogens with one attached hydrogen (secondary N) is 1. The van der Waals surface area contributed by atoms with Crippen LogP contribution in [0.25, 0.3) is 22.0 Å². The third kappa shape index (κ3) is 4.72. The van der Waals surface area contributed by atoms with Crippen LogP contribution in [-0.2, 0) is 11.4 Å². The first-order valence-electron chi connectivity index (χ1n) is 10.2. The number of ether oxygens (including phenoxy) is 1. The van der Waals surface area contributed by atoms with Gasteiger partial charge in [0, 0.05) is 16.9 Å². The highest BCUT2D eigenvalue weighted by molar-refractivity contribution is 5.99. The van der Waals surface area contributed by atoms with Gasteiger partial charge in [0.25, 0.3) is 0 Å². The first-order valence-corrected chi connectivity index (χ1v) is 10.2. The number of anilines is 1. The van der Waals surface area contributed by atoms with Crippen molar-refractivity contribution in [1.29, 1.82) is 0 Å². The summed E-state index contributed by atoms with van der Waals surface area (Å²) in [5, 5.41) is 4.63. The highest BCUT2D eigenvalue weighted by atomic mass is 19.1. The van der Waals surface area contributed by atoms with Gasteiger partial charge in [0.2, 0.25) is 5.91 Å². The monoisotopic (exact) mass is 414 g/mol. The van der Waals surface area contributed by atoms with Crippen molar-refractivity contribution in [3.63, 3.8) is 0 Å². The highest BCUT2D eigenvalue weighted by Gasteiger charge is 2.14. The van der Waals surface area contributed by atoms with Crippen LogP contribution in [0, 0.1) is 11.7 Å². The average molecular weight is 414 g/mol. The molecule has 1 N–H and O–H groups in total. The van der Waals surface area contributed by atoms with Gasteiger partial charge < -0.3 is 10.1 Å². The van der Waals surface area contributed by atoms with Gasteiger partial charge in [-0.15, -0.1) is 0 Å². The fourth-order valence-corrected chi connectivity index (χ4v) is 3.25. The predicted molar refractivity (Wildman–Crippen MR) is 121 cm³/mol. The molecule has 0 fully saturated rings.